The molecule has 0 spiro atoms. The van der Waals surface area contributed by atoms with Crippen LogP contribution in [-0.2, 0) is 0 Å². The molecule has 0 saturated carbocycles. The van der Waals surface area contributed by atoms with Crippen molar-refractivity contribution in [2.24, 2.45) is 0 Å². The smallest absolute Gasteiger partial charge is 0.199 e. The van der Waals surface area contributed by atoms with E-state index in [9.17, 15) is 0 Å². The van der Waals surface area contributed by atoms with E-state index in [1.807, 2.05) is 121 Å². The molecule has 0 radical (unpaired) electrons. The second kappa shape index (κ2) is 25.9. The minimum absolute atomic E-state index is 0. The summed E-state index contributed by atoms with van der Waals surface area (Å²) in [5.74, 6) is 0. The van der Waals surface area contributed by atoms with Gasteiger partial charge < -0.3 is 0 Å². The maximum atomic E-state index is 3.72. The van der Waals surface area contributed by atoms with E-state index in [2.05, 4.69) is 54.4 Å². The minimum atomic E-state index is 0. The third-order valence-electron chi connectivity index (χ3n) is 4.50. The first-order valence-corrected chi connectivity index (χ1v) is 17.7. The predicted molar refractivity (Wildman–Crippen MR) is 174 cm³/mol. The number of rotatable bonds is 3. The second-order valence-electron chi connectivity index (χ2n) is 8.86. The Bertz CT molecular complexity index is 800. The maximum absolute atomic E-state index is 3.72. The Morgan fingerprint density at radius 2 is 0.541 bits per heavy atom. The van der Waals surface area contributed by atoms with Crippen LogP contribution in [0.25, 0.3) is 0 Å². The summed E-state index contributed by atoms with van der Waals surface area (Å²) in [6, 6.07) is 39.5. The molecule has 0 bridgehead atoms. The molecule has 4 rings (SSSR count). The van der Waals surface area contributed by atoms with Crippen LogP contribution in [0.1, 0.15) is 22.3 Å². The summed E-state index contributed by atoms with van der Waals surface area (Å²) in [6.45, 7) is 24.5. The molecule has 0 atom stereocenters. The van der Waals surface area contributed by atoms with Crippen molar-refractivity contribution >= 4 is 15.8 Å². The molecule has 194 valence electrons. The van der Waals surface area contributed by atoms with Crippen molar-refractivity contribution in [3.05, 3.63) is 171 Å². The van der Waals surface area contributed by atoms with Gasteiger partial charge in [-0.15, -0.1) is 48.5 Å². The molecule has 0 aliphatic rings. The number of benzene rings is 4. The van der Waals surface area contributed by atoms with Gasteiger partial charge in [-0.1, -0.05) is 24.3 Å². The van der Waals surface area contributed by atoms with Crippen molar-refractivity contribution < 1.29 is 31.1 Å². The fourth-order valence-electron chi connectivity index (χ4n) is 2.41. The zero-order valence-corrected chi connectivity index (χ0v) is 29.5. The standard InChI is InChI=1S/4C7H7.C6H16P2.U/c4*1-7-5-3-2-4-6-7;1-7(2)5-6-8(3)4;/h4*2-6H,1H2;5-6H2,1-4H3;/q4*-1;;+4/p+2. The van der Waals surface area contributed by atoms with Gasteiger partial charge in [-0.05, 0) is 15.8 Å². The van der Waals surface area contributed by atoms with Gasteiger partial charge >= 0.3 is 31.1 Å². The van der Waals surface area contributed by atoms with Gasteiger partial charge in [0.15, 0.2) is 0 Å². The maximum Gasteiger partial charge on any atom is 4.00 e. The van der Waals surface area contributed by atoms with E-state index in [0.717, 1.165) is 22.3 Å². The molecular weight excluding hydrogens is 708 g/mol. The minimum Gasteiger partial charge on any atom is -0.199 e. The molecule has 0 saturated heterocycles. The predicted octanol–water partition coefficient (Wildman–Crippen LogP) is 9.41. The van der Waals surface area contributed by atoms with Gasteiger partial charge in [-0.25, -0.2) is 0 Å². The monoisotopic (exact) mass is 754 g/mol. The average Bonchev–Trinajstić information content (AvgIpc) is 2.86. The quantitative estimate of drug-likeness (QED) is 0.145. The van der Waals surface area contributed by atoms with E-state index in [1.165, 1.54) is 12.3 Å². The van der Waals surface area contributed by atoms with E-state index in [4.69, 9.17) is 0 Å². The van der Waals surface area contributed by atoms with E-state index in [-0.39, 0.29) is 47.0 Å². The van der Waals surface area contributed by atoms with Crippen LogP contribution in [0.4, 0.5) is 0 Å². The fourth-order valence-corrected chi connectivity index (χ4v) is 6.41. The molecule has 0 fully saturated rings. The van der Waals surface area contributed by atoms with Crippen LogP contribution in [0.5, 0.6) is 0 Å². The van der Waals surface area contributed by atoms with E-state index in [0.29, 0.717) is 0 Å². The first-order chi connectivity index (χ1) is 17.2. The van der Waals surface area contributed by atoms with Crippen molar-refractivity contribution in [3.63, 3.8) is 0 Å². The molecule has 0 amide bonds. The average molecular weight is 755 g/mol. The molecule has 3 heteroatoms. The zero-order chi connectivity index (χ0) is 27.0. The third-order valence-corrected chi connectivity index (χ3v) is 7.50. The van der Waals surface area contributed by atoms with Crippen molar-refractivity contribution in [2.45, 2.75) is 0 Å². The van der Waals surface area contributed by atoms with Crippen LogP contribution >= 0.6 is 15.8 Å². The van der Waals surface area contributed by atoms with Gasteiger partial charge in [0.25, 0.3) is 0 Å². The number of hydrogen-bond acceptors (Lipinski definition) is 0. The molecule has 0 unspecified atom stereocenters. The molecule has 4 aromatic carbocycles. The summed E-state index contributed by atoms with van der Waals surface area (Å²) in [4.78, 5) is 0. The van der Waals surface area contributed by atoms with Crippen LogP contribution in [0.2, 0.25) is 0 Å². The van der Waals surface area contributed by atoms with Gasteiger partial charge in [0, 0.05) is 26.7 Å². The van der Waals surface area contributed by atoms with Crippen molar-refractivity contribution in [3.8, 4) is 0 Å². The Balaban J connectivity index is 0. The third kappa shape index (κ3) is 28.7. The summed E-state index contributed by atoms with van der Waals surface area (Å²) in [7, 11) is 0.191. The van der Waals surface area contributed by atoms with Crippen LogP contribution in [-0.4, -0.2) is 39.0 Å². The summed E-state index contributed by atoms with van der Waals surface area (Å²) < 4.78 is 0. The Kier molecular flexibility index (Phi) is 26.2. The van der Waals surface area contributed by atoms with Crippen LogP contribution in [0, 0.1) is 58.8 Å². The number of hydrogen-bond donors (Lipinski definition) is 0. The normalized spacial score (nSPS) is 8.92. The molecule has 0 N–H and O–H groups in total. The molecule has 37 heavy (non-hydrogen) atoms. The van der Waals surface area contributed by atoms with Crippen LogP contribution in [0.3, 0.4) is 0 Å². The first kappa shape index (κ1) is 37.4. The van der Waals surface area contributed by atoms with Crippen molar-refractivity contribution in [1.29, 1.82) is 0 Å². The van der Waals surface area contributed by atoms with Gasteiger partial charge in [0.05, 0.1) is 12.3 Å². The van der Waals surface area contributed by atoms with Gasteiger partial charge in [0.1, 0.15) is 0 Å². The van der Waals surface area contributed by atoms with Crippen LogP contribution < -0.4 is 0 Å². The Morgan fingerprint density at radius 3 is 0.622 bits per heavy atom. The Hall–Kier alpha value is -1.73. The molecule has 0 nitrogen and oxygen atoms in total. The second-order valence-corrected chi connectivity index (χ2v) is 14.7. The van der Waals surface area contributed by atoms with E-state index in [1.54, 1.807) is 0 Å². The molecule has 0 aliphatic heterocycles. The molecule has 0 aromatic heterocycles. The molecule has 0 heterocycles. The van der Waals surface area contributed by atoms with Gasteiger partial charge in [-0.2, -0.15) is 98.5 Å². The summed E-state index contributed by atoms with van der Waals surface area (Å²) in [5.41, 5.74) is 4.29. The summed E-state index contributed by atoms with van der Waals surface area (Å²) in [5, 5.41) is 0. The van der Waals surface area contributed by atoms with Crippen molar-refractivity contribution in [1.82, 2.24) is 0 Å². The largest absolute Gasteiger partial charge is 4.00 e. The van der Waals surface area contributed by atoms with Crippen LogP contribution in [0.15, 0.2) is 121 Å². The topological polar surface area (TPSA) is 0 Å². The zero-order valence-electron chi connectivity index (χ0n) is 23.3. The molecule has 4 aromatic rings. The molecular formula is C34H46P2U+2. The summed E-state index contributed by atoms with van der Waals surface area (Å²) >= 11 is 0. The van der Waals surface area contributed by atoms with Gasteiger partial charge in [0.2, 0.25) is 0 Å². The fraction of sp³-hybridized carbons (Fsp3) is 0.176. The summed E-state index contributed by atoms with van der Waals surface area (Å²) in [6.07, 6.45) is 3.07. The van der Waals surface area contributed by atoms with Gasteiger partial charge in [-0.3, -0.25) is 0 Å². The molecule has 0 aliphatic carbocycles. The van der Waals surface area contributed by atoms with E-state index >= 15 is 0 Å². The SMILES string of the molecule is C[PH+](C)CC[PH+](C)C.[CH2-]c1ccccc1.[CH2-]c1ccccc1.[CH2-]c1ccccc1.[CH2-]c1ccccc1.[U+4]. The Morgan fingerprint density at radius 1 is 0.378 bits per heavy atom. The van der Waals surface area contributed by atoms with E-state index < -0.39 is 0 Å². The van der Waals surface area contributed by atoms with Crippen molar-refractivity contribution in [2.75, 3.05) is 39.0 Å². The first-order valence-electron chi connectivity index (χ1n) is 12.3. The Labute approximate surface area is 255 Å².